The molecule has 1 aromatic carbocycles. The summed E-state index contributed by atoms with van der Waals surface area (Å²) in [5, 5.41) is 17.1. The first-order chi connectivity index (χ1) is 14.4. The second-order valence-electron chi connectivity index (χ2n) is 7.05. The van der Waals surface area contributed by atoms with Gasteiger partial charge < -0.3 is 24.4 Å². The Labute approximate surface area is 174 Å². The number of amides is 1. The van der Waals surface area contributed by atoms with Crippen LogP contribution in [0, 0.1) is 5.92 Å². The molecule has 3 rings (SSSR count). The SMILES string of the molecule is COc1ccc(-c2nc([C@H](CC(C)C)NC(=O)c3nccc(OC)c3O)no2)cc1. The molecule has 0 aliphatic heterocycles. The maximum absolute atomic E-state index is 12.8. The van der Waals surface area contributed by atoms with E-state index in [2.05, 4.69) is 20.4 Å². The third-order valence-electron chi connectivity index (χ3n) is 4.43. The van der Waals surface area contributed by atoms with Crippen molar-refractivity contribution in [2.24, 2.45) is 5.92 Å². The number of pyridine rings is 1. The van der Waals surface area contributed by atoms with Crippen LogP contribution in [-0.2, 0) is 0 Å². The quantitative estimate of drug-likeness (QED) is 0.578. The lowest BCUT2D eigenvalue weighted by Crippen LogP contribution is -2.31. The van der Waals surface area contributed by atoms with Crippen molar-refractivity contribution < 1.29 is 23.9 Å². The van der Waals surface area contributed by atoms with Crippen LogP contribution >= 0.6 is 0 Å². The average Bonchev–Trinajstić information content (AvgIpc) is 3.23. The van der Waals surface area contributed by atoms with E-state index < -0.39 is 11.9 Å². The van der Waals surface area contributed by atoms with E-state index in [1.165, 1.54) is 19.4 Å². The van der Waals surface area contributed by atoms with E-state index in [0.29, 0.717) is 23.9 Å². The van der Waals surface area contributed by atoms with Gasteiger partial charge in [-0.25, -0.2) is 4.98 Å². The third kappa shape index (κ3) is 4.68. The summed E-state index contributed by atoms with van der Waals surface area (Å²) in [6.45, 7) is 4.04. The average molecular weight is 412 g/mol. The van der Waals surface area contributed by atoms with Gasteiger partial charge in [0, 0.05) is 17.8 Å². The minimum absolute atomic E-state index is 0.137. The van der Waals surface area contributed by atoms with Crippen LogP contribution in [0.1, 0.15) is 42.6 Å². The van der Waals surface area contributed by atoms with Gasteiger partial charge in [0.2, 0.25) is 0 Å². The normalized spacial score (nSPS) is 11.9. The zero-order valence-electron chi connectivity index (χ0n) is 17.2. The Bertz CT molecular complexity index is 1000. The first-order valence-corrected chi connectivity index (χ1v) is 9.43. The van der Waals surface area contributed by atoms with Gasteiger partial charge in [0.05, 0.1) is 20.3 Å². The van der Waals surface area contributed by atoms with Gasteiger partial charge in [-0.1, -0.05) is 19.0 Å². The van der Waals surface area contributed by atoms with Gasteiger partial charge in [0.1, 0.15) is 5.75 Å². The van der Waals surface area contributed by atoms with Crippen molar-refractivity contribution in [2.45, 2.75) is 26.3 Å². The van der Waals surface area contributed by atoms with Crippen LogP contribution in [-0.4, -0.2) is 40.4 Å². The number of ether oxygens (including phenoxy) is 2. The fourth-order valence-electron chi connectivity index (χ4n) is 2.92. The summed E-state index contributed by atoms with van der Waals surface area (Å²) in [5.74, 6) is 0.903. The number of methoxy groups -OCH3 is 2. The van der Waals surface area contributed by atoms with Crippen LogP contribution in [0.4, 0.5) is 0 Å². The molecule has 30 heavy (non-hydrogen) atoms. The zero-order valence-corrected chi connectivity index (χ0v) is 17.2. The minimum Gasteiger partial charge on any atom is -0.503 e. The highest BCUT2D eigenvalue weighted by Gasteiger charge is 2.25. The molecule has 9 nitrogen and oxygen atoms in total. The predicted octanol–water partition coefficient (Wildman–Crippen LogP) is 3.37. The third-order valence-corrected chi connectivity index (χ3v) is 4.43. The second-order valence-corrected chi connectivity index (χ2v) is 7.05. The first-order valence-electron chi connectivity index (χ1n) is 9.43. The monoisotopic (exact) mass is 412 g/mol. The fraction of sp³-hybridized carbons (Fsp3) is 0.333. The van der Waals surface area contributed by atoms with E-state index in [4.69, 9.17) is 14.0 Å². The Morgan fingerprint density at radius 2 is 1.90 bits per heavy atom. The summed E-state index contributed by atoms with van der Waals surface area (Å²) < 4.78 is 15.6. The molecule has 0 saturated carbocycles. The summed E-state index contributed by atoms with van der Waals surface area (Å²) in [7, 11) is 2.99. The van der Waals surface area contributed by atoms with Gasteiger partial charge in [0.25, 0.3) is 11.8 Å². The highest BCUT2D eigenvalue weighted by molar-refractivity contribution is 5.95. The second kappa shape index (κ2) is 9.25. The topological polar surface area (TPSA) is 120 Å². The smallest absolute Gasteiger partial charge is 0.274 e. The van der Waals surface area contributed by atoms with Crippen LogP contribution in [0.5, 0.6) is 17.2 Å². The van der Waals surface area contributed by atoms with Crippen LogP contribution in [0.15, 0.2) is 41.1 Å². The molecule has 1 atom stereocenters. The van der Waals surface area contributed by atoms with Gasteiger partial charge in [-0.05, 0) is 36.6 Å². The number of nitrogens with one attached hydrogen (secondary N) is 1. The van der Waals surface area contributed by atoms with E-state index in [0.717, 1.165) is 5.56 Å². The summed E-state index contributed by atoms with van der Waals surface area (Å²) in [6.07, 6.45) is 1.96. The fourth-order valence-corrected chi connectivity index (χ4v) is 2.92. The van der Waals surface area contributed by atoms with Crippen molar-refractivity contribution in [1.82, 2.24) is 20.4 Å². The number of carbonyl (C=O) groups is 1. The molecule has 0 fully saturated rings. The number of hydrogen-bond donors (Lipinski definition) is 2. The van der Waals surface area contributed by atoms with E-state index in [-0.39, 0.29) is 23.1 Å². The minimum atomic E-state index is -0.562. The van der Waals surface area contributed by atoms with Crippen LogP contribution in [0.3, 0.4) is 0 Å². The predicted molar refractivity (Wildman–Crippen MR) is 108 cm³/mol. The molecule has 158 valence electrons. The molecule has 0 aliphatic rings. The lowest BCUT2D eigenvalue weighted by Gasteiger charge is -2.17. The van der Waals surface area contributed by atoms with Gasteiger partial charge in [-0.2, -0.15) is 4.98 Å². The van der Waals surface area contributed by atoms with E-state index in [1.807, 2.05) is 26.0 Å². The number of benzene rings is 1. The first kappa shape index (κ1) is 21.1. The Morgan fingerprint density at radius 1 is 1.17 bits per heavy atom. The van der Waals surface area contributed by atoms with Crippen molar-refractivity contribution in [1.29, 1.82) is 0 Å². The molecule has 2 heterocycles. The number of aromatic hydroxyl groups is 1. The summed E-state index contributed by atoms with van der Waals surface area (Å²) in [4.78, 5) is 21.2. The Hall–Kier alpha value is -3.62. The van der Waals surface area contributed by atoms with Crippen LogP contribution in [0.25, 0.3) is 11.5 Å². The van der Waals surface area contributed by atoms with Crippen molar-refractivity contribution in [2.75, 3.05) is 14.2 Å². The molecule has 9 heteroatoms. The van der Waals surface area contributed by atoms with E-state index >= 15 is 0 Å². The molecule has 0 aliphatic carbocycles. The Morgan fingerprint density at radius 3 is 2.53 bits per heavy atom. The zero-order chi connectivity index (χ0) is 21.7. The van der Waals surface area contributed by atoms with Gasteiger partial charge in [-0.3, -0.25) is 4.79 Å². The van der Waals surface area contributed by atoms with E-state index in [9.17, 15) is 9.90 Å². The highest BCUT2D eigenvalue weighted by atomic mass is 16.5. The molecule has 0 unspecified atom stereocenters. The molecule has 0 spiro atoms. The number of carbonyl (C=O) groups excluding carboxylic acids is 1. The summed E-state index contributed by atoms with van der Waals surface area (Å²) in [5.41, 5.74) is 0.596. The van der Waals surface area contributed by atoms with Crippen LogP contribution < -0.4 is 14.8 Å². The largest absolute Gasteiger partial charge is 0.503 e. The molecular formula is C21H24N4O5. The lowest BCUT2D eigenvalue weighted by atomic mass is 10.0. The Balaban J connectivity index is 1.84. The molecule has 0 bridgehead atoms. The number of nitrogens with zero attached hydrogens (tertiary/aromatic N) is 3. The highest BCUT2D eigenvalue weighted by Crippen LogP contribution is 2.29. The number of rotatable bonds is 8. The number of aromatic nitrogens is 3. The molecule has 2 N–H and O–H groups in total. The van der Waals surface area contributed by atoms with Crippen molar-refractivity contribution in [3.05, 3.63) is 48.0 Å². The lowest BCUT2D eigenvalue weighted by molar-refractivity contribution is 0.0920. The summed E-state index contributed by atoms with van der Waals surface area (Å²) >= 11 is 0. The van der Waals surface area contributed by atoms with E-state index in [1.54, 1.807) is 19.2 Å². The maximum Gasteiger partial charge on any atom is 0.274 e. The molecular weight excluding hydrogens is 388 g/mol. The van der Waals surface area contributed by atoms with Crippen molar-refractivity contribution >= 4 is 5.91 Å². The van der Waals surface area contributed by atoms with Gasteiger partial charge >= 0.3 is 0 Å². The standard InChI is InChI=1S/C21H24N4O5/c1-12(2)11-15(23-20(27)17-18(26)16(29-4)9-10-22-17)19-24-21(30-25-19)13-5-7-14(28-3)8-6-13/h5-10,12,15,26H,11H2,1-4H3,(H,23,27)/t15-/m0/s1. The van der Waals surface area contributed by atoms with Gasteiger partial charge in [-0.15, -0.1) is 0 Å². The summed E-state index contributed by atoms with van der Waals surface area (Å²) in [6, 6.07) is 8.15. The maximum atomic E-state index is 12.8. The molecule has 1 amide bonds. The van der Waals surface area contributed by atoms with Gasteiger partial charge in [0.15, 0.2) is 23.0 Å². The molecule has 2 aromatic heterocycles. The molecule has 0 radical (unpaired) electrons. The Kier molecular flexibility index (Phi) is 6.51. The number of hydrogen-bond acceptors (Lipinski definition) is 8. The van der Waals surface area contributed by atoms with Crippen molar-refractivity contribution in [3.63, 3.8) is 0 Å². The molecule has 0 saturated heterocycles. The molecule has 3 aromatic rings. The van der Waals surface area contributed by atoms with Crippen LogP contribution in [0.2, 0.25) is 0 Å². The van der Waals surface area contributed by atoms with Crippen molar-refractivity contribution in [3.8, 4) is 28.7 Å².